The van der Waals surface area contributed by atoms with Crippen LogP contribution in [0.2, 0.25) is 0 Å². The van der Waals surface area contributed by atoms with Gasteiger partial charge in [0.1, 0.15) is 17.1 Å². The van der Waals surface area contributed by atoms with Gasteiger partial charge in [-0.1, -0.05) is 0 Å². The molecule has 0 spiro atoms. The molecule has 3 aromatic rings. The molecule has 1 aromatic carbocycles. The molecule has 2 aromatic heterocycles. The first-order valence-electron chi connectivity index (χ1n) is 8.06. The van der Waals surface area contributed by atoms with E-state index in [1.54, 1.807) is 39.0 Å². The summed E-state index contributed by atoms with van der Waals surface area (Å²) in [7, 11) is 0. The number of amides is 1. The minimum absolute atomic E-state index is 0.327. The molecule has 0 radical (unpaired) electrons. The first kappa shape index (κ1) is 17.5. The summed E-state index contributed by atoms with van der Waals surface area (Å²) in [5.41, 5.74) is 2.39. The predicted octanol–water partition coefficient (Wildman–Crippen LogP) is 2.56. The molecule has 8 heteroatoms. The summed E-state index contributed by atoms with van der Waals surface area (Å²) in [6.45, 7) is 6.69. The molecule has 0 saturated carbocycles. The number of rotatable bonds is 4. The maximum atomic E-state index is 12.3. The molecule has 0 aliphatic carbocycles. The highest BCUT2D eigenvalue weighted by Gasteiger charge is 2.24. The monoisotopic (exact) mass is 357 g/mol. The van der Waals surface area contributed by atoms with Gasteiger partial charge >= 0.3 is 11.7 Å². The van der Waals surface area contributed by atoms with Crippen molar-refractivity contribution in [3.8, 4) is 0 Å². The predicted molar refractivity (Wildman–Crippen MR) is 95.3 cm³/mol. The van der Waals surface area contributed by atoms with Crippen molar-refractivity contribution in [3.63, 3.8) is 0 Å². The third-order valence-electron chi connectivity index (χ3n) is 4.20. The zero-order valence-corrected chi connectivity index (χ0v) is 14.9. The van der Waals surface area contributed by atoms with Gasteiger partial charge in [0.25, 0.3) is 5.91 Å². The second kappa shape index (κ2) is 6.55. The SMILES string of the molecule is Cc1oc(C)c(C(=O)O[C@@H](C)C(=O)Nc2ccc3[nH]c(=O)[nH]c3c2)c1C. The van der Waals surface area contributed by atoms with Crippen molar-refractivity contribution in [3.05, 3.63) is 51.3 Å². The van der Waals surface area contributed by atoms with E-state index in [1.165, 1.54) is 6.92 Å². The Morgan fingerprint density at radius 2 is 1.81 bits per heavy atom. The summed E-state index contributed by atoms with van der Waals surface area (Å²) in [5.74, 6) is 0.0100. The Morgan fingerprint density at radius 3 is 2.46 bits per heavy atom. The van der Waals surface area contributed by atoms with Gasteiger partial charge < -0.3 is 24.4 Å². The number of fused-ring (bicyclic) bond motifs is 1. The van der Waals surface area contributed by atoms with Crippen LogP contribution in [0.3, 0.4) is 0 Å². The zero-order chi connectivity index (χ0) is 19.0. The molecular weight excluding hydrogens is 338 g/mol. The number of furan rings is 1. The van der Waals surface area contributed by atoms with Gasteiger partial charge in [0.05, 0.1) is 11.0 Å². The lowest BCUT2D eigenvalue weighted by Gasteiger charge is -2.13. The fourth-order valence-corrected chi connectivity index (χ4v) is 2.72. The maximum Gasteiger partial charge on any atom is 0.342 e. The molecule has 0 aliphatic rings. The number of benzene rings is 1. The highest BCUT2D eigenvalue weighted by Crippen LogP contribution is 2.22. The Morgan fingerprint density at radius 1 is 1.12 bits per heavy atom. The summed E-state index contributed by atoms with van der Waals surface area (Å²) in [6, 6.07) is 4.93. The van der Waals surface area contributed by atoms with Gasteiger partial charge in [-0.05, 0) is 45.9 Å². The molecule has 1 atom stereocenters. The molecule has 136 valence electrons. The number of H-pyrrole nitrogens is 2. The van der Waals surface area contributed by atoms with E-state index in [4.69, 9.17) is 9.15 Å². The molecule has 3 N–H and O–H groups in total. The van der Waals surface area contributed by atoms with Crippen LogP contribution in [0.25, 0.3) is 11.0 Å². The summed E-state index contributed by atoms with van der Waals surface area (Å²) in [5, 5.41) is 2.66. The first-order valence-corrected chi connectivity index (χ1v) is 8.06. The number of aromatic amines is 2. The highest BCUT2D eigenvalue weighted by atomic mass is 16.5. The van der Waals surface area contributed by atoms with Crippen molar-refractivity contribution in [2.24, 2.45) is 0 Å². The number of aryl methyl sites for hydroxylation is 2. The molecule has 0 fully saturated rings. The number of hydrogen-bond donors (Lipinski definition) is 3. The van der Waals surface area contributed by atoms with Crippen LogP contribution in [-0.2, 0) is 9.53 Å². The Balaban J connectivity index is 1.70. The van der Waals surface area contributed by atoms with Crippen molar-refractivity contribution >= 4 is 28.6 Å². The minimum Gasteiger partial charge on any atom is -0.465 e. The molecule has 1 amide bonds. The lowest BCUT2D eigenvalue weighted by atomic mass is 10.1. The van der Waals surface area contributed by atoms with Gasteiger partial charge in [-0.2, -0.15) is 0 Å². The van der Waals surface area contributed by atoms with E-state index < -0.39 is 18.0 Å². The second-order valence-corrected chi connectivity index (χ2v) is 6.09. The topological polar surface area (TPSA) is 117 Å². The van der Waals surface area contributed by atoms with E-state index in [1.807, 2.05) is 0 Å². The Bertz CT molecular complexity index is 1060. The molecule has 26 heavy (non-hydrogen) atoms. The van der Waals surface area contributed by atoms with Crippen LogP contribution in [0.5, 0.6) is 0 Å². The molecule has 8 nitrogen and oxygen atoms in total. The van der Waals surface area contributed by atoms with Crippen LogP contribution in [0.1, 0.15) is 34.4 Å². The van der Waals surface area contributed by atoms with Gasteiger partial charge in [-0.15, -0.1) is 0 Å². The molecule has 3 rings (SSSR count). The largest absolute Gasteiger partial charge is 0.465 e. The van der Waals surface area contributed by atoms with Gasteiger partial charge in [-0.3, -0.25) is 4.79 Å². The van der Waals surface area contributed by atoms with Crippen molar-refractivity contribution in [2.75, 3.05) is 5.32 Å². The number of aromatic nitrogens is 2. The molecular formula is C18H19N3O5. The van der Waals surface area contributed by atoms with E-state index in [0.29, 0.717) is 39.4 Å². The Kier molecular flexibility index (Phi) is 4.41. The van der Waals surface area contributed by atoms with Crippen LogP contribution in [0.15, 0.2) is 27.4 Å². The normalized spacial score (nSPS) is 12.2. The number of esters is 1. The third-order valence-corrected chi connectivity index (χ3v) is 4.20. The van der Waals surface area contributed by atoms with E-state index in [9.17, 15) is 14.4 Å². The Labute approximate surface area is 148 Å². The lowest BCUT2D eigenvalue weighted by Crippen LogP contribution is -2.30. The summed E-state index contributed by atoms with van der Waals surface area (Å²) in [6.07, 6.45) is -1.00. The van der Waals surface area contributed by atoms with Crippen LogP contribution in [0.4, 0.5) is 5.69 Å². The van der Waals surface area contributed by atoms with Crippen molar-refractivity contribution in [1.82, 2.24) is 9.97 Å². The average Bonchev–Trinajstić information content (AvgIpc) is 3.05. The summed E-state index contributed by atoms with van der Waals surface area (Å²) < 4.78 is 10.7. The lowest BCUT2D eigenvalue weighted by molar-refractivity contribution is -0.123. The molecule has 0 aliphatic heterocycles. The number of imidazole rings is 1. The maximum absolute atomic E-state index is 12.3. The third kappa shape index (κ3) is 3.26. The zero-order valence-electron chi connectivity index (χ0n) is 14.9. The summed E-state index contributed by atoms with van der Waals surface area (Å²) in [4.78, 5) is 41.2. The number of ether oxygens (including phenoxy) is 1. The second-order valence-electron chi connectivity index (χ2n) is 6.09. The summed E-state index contributed by atoms with van der Waals surface area (Å²) >= 11 is 0. The van der Waals surface area contributed by atoms with Gasteiger partial charge in [0.2, 0.25) is 0 Å². The van der Waals surface area contributed by atoms with Crippen molar-refractivity contribution in [1.29, 1.82) is 0 Å². The first-order chi connectivity index (χ1) is 12.3. The fourth-order valence-electron chi connectivity index (χ4n) is 2.72. The van der Waals surface area contributed by atoms with Gasteiger partial charge in [-0.25, -0.2) is 9.59 Å². The van der Waals surface area contributed by atoms with E-state index in [-0.39, 0.29) is 5.69 Å². The molecule has 0 unspecified atom stereocenters. The molecule has 0 bridgehead atoms. The van der Waals surface area contributed by atoms with E-state index in [2.05, 4.69) is 15.3 Å². The number of hydrogen-bond acceptors (Lipinski definition) is 5. The van der Waals surface area contributed by atoms with Gasteiger partial charge in [0.15, 0.2) is 6.10 Å². The Hall–Kier alpha value is -3.29. The minimum atomic E-state index is -1.00. The number of nitrogens with one attached hydrogen (secondary N) is 3. The number of carbonyl (C=O) groups excluding carboxylic acids is 2. The smallest absolute Gasteiger partial charge is 0.342 e. The highest BCUT2D eigenvalue weighted by molar-refractivity contribution is 5.99. The number of anilines is 1. The van der Waals surface area contributed by atoms with Crippen LogP contribution in [0, 0.1) is 20.8 Å². The van der Waals surface area contributed by atoms with Crippen LogP contribution < -0.4 is 11.0 Å². The molecule has 2 heterocycles. The fraction of sp³-hybridized carbons (Fsp3) is 0.278. The van der Waals surface area contributed by atoms with E-state index >= 15 is 0 Å². The van der Waals surface area contributed by atoms with Crippen LogP contribution in [-0.4, -0.2) is 27.9 Å². The number of carbonyl (C=O) groups is 2. The van der Waals surface area contributed by atoms with Gasteiger partial charge in [0, 0.05) is 11.3 Å². The van der Waals surface area contributed by atoms with Crippen molar-refractivity contribution in [2.45, 2.75) is 33.8 Å². The van der Waals surface area contributed by atoms with Crippen molar-refractivity contribution < 1.29 is 18.7 Å². The average molecular weight is 357 g/mol. The molecule has 0 saturated heterocycles. The van der Waals surface area contributed by atoms with E-state index in [0.717, 1.165) is 0 Å². The van der Waals surface area contributed by atoms with Crippen LogP contribution >= 0.6 is 0 Å². The standard InChI is InChI=1S/C18H19N3O5/c1-8-9(2)25-10(3)15(8)17(23)26-11(4)16(22)19-12-5-6-13-14(7-12)21-18(24)20-13/h5-7,11H,1-4H3,(H,19,22)(H2,20,21,24)/t11-/m0/s1. The quantitative estimate of drug-likeness (QED) is 0.620.